The van der Waals surface area contributed by atoms with Crippen molar-refractivity contribution in [3.05, 3.63) is 24.3 Å². The van der Waals surface area contributed by atoms with Gasteiger partial charge < -0.3 is 9.47 Å². The molecular formula is C26H38O3. The third-order valence-corrected chi connectivity index (χ3v) is 9.96. The molecular weight excluding hydrogens is 360 g/mol. The average Bonchev–Trinajstić information content (AvgIpc) is 3.12. The number of carbonyl (C=O) groups excluding carboxylic acids is 1. The van der Waals surface area contributed by atoms with Crippen LogP contribution >= 0.6 is 0 Å². The van der Waals surface area contributed by atoms with E-state index in [9.17, 15) is 4.79 Å². The van der Waals surface area contributed by atoms with Crippen molar-refractivity contribution in [3.8, 4) is 0 Å². The molecule has 1 unspecified atom stereocenters. The lowest BCUT2D eigenvalue weighted by Crippen LogP contribution is -2.63. The lowest BCUT2D eigenvalue weighted by Gasteiger charge is -2.62. The Labute approximate surface area is 176 Å². The number of hydrogen-bond acceptors (Lipinski definition) is 3. The van der Waals surface area contributed by atoms with Crippen LogP contribution in [0, 0.1) is 40.4 Å². The minimum atomic E-state index is -0.567. The number of rotatable bonds is 1. The van der Waals surface area contributed by atoms with Crippen molar-refractivity contribution in [2.75, 3.05) is 0 Å². The van der Waals surface area contributed by atoms with Crippen molar-refractivity contribution in [1.82, 2.24) is 0 Å². The van der Waals surface area contributed by atoms with E-state index in [1.807, 2.05) is 0 Å². The summed E-state index contributed by atoms with van der Waals surface area (Å²) in [6, 6.07) is 0. The molecule has 0 aromatic rings. The molecule has 1 aliphatic heterocycles. The van der Waals surface area contributed by atoms with Crippen molar-refractivity contribution in [2.45, 2.75) is 91.1 Å². The number of ketones is 1. The van der Waals surface area contributed by atoms with Crippen LogP contribution in [0.4, 0.5) is 0 Å². The molecule has 0 radical (unpaired) electrons. The Balaban J connectivity index is 1.60. The zero-order valence-electron chi connectivity index (χ0n) is 18.9. The fourth-order valence-corrected chi connectivity index (χ4v) is 8.82. The molecule has 0 aromatic carbocycles. The van der Waals surface area contributed by atoms with Gasteiger partial charge in [-0.25, -0.2) is 0 Å². The fourth-order valence-electron chi connectivity index (χ4n) is 8.82. The van der Waals surface area contributed by atoms with Crippen LogP contribution in [0.2, 0.25) is 0 Å². The smallest absolute Gasteiger partial charge is 0.163 e. The van der Waals surface area contributed by atoms with Crippen LogP contribution in [0.15, 0.2) is 24.3 Å². The van der Waals surface area contributed by atoms with Crippen molar-refractivity contribution < 1.29 is 14.3 Å². The zero-order valence-corrected chi connectivity index (χ0v) is 18.9. The monoisotopic (exact) mass is 398 g/mol. The quantitative estimate of drug-likeness (QED) is 0.420. The van der Waals surface area contributed by atoms with E-state index in [1.54, 1.807) is 0 Å². The Hall–Kier alpha value is -0.930. The number of Topliss-reactive ketones (excluding diaryl/α,β-unsaturated/α-hetero) is 1. The molecule has 0 N–H and O–H groups in total. The predicted molar refractivity (Wildman–Crippen MR) is 114 cm³/mol. The van der Waals surface area contributed by atoms with Crippen LogP contribution in [0.5, 0.6) is 0 Å². The number of hydrogen-bond donors (Lipinski definition) is 0. The summed E-state index contributed by atoms with van der Waals surface area (Å²) in [6.45, 7) is 19.8. The second-order valence-corrected chi connectivity index (χ2v) is 11.9. The summed E-state index contributed by atoms with van der Waals surface area (Å²) in [6.07, 6.45) is 6.56. The van der Waals surface area contributed by atoms with Crippen molar-refractivity contribution >= 4 is 5.78 Å². The molecule has 0 amide bonds. The molecule has 0 spiro atoms. The van der Waals surface area contributed by atoms with E-state index < -0.39 is 5.79 Å². The van der Waals surface area contributed by atoms with Gasteiger partial charge in [-0.1, -0.05) is 32.6 Å². The second kappa shape index (κ2) is 6.07. The molecule has 4 aliphatic carbocycles. The molecule has 0 bridgehead atoms. The predicted octanol–water partition coefficient (Wildman–Crippen LogP) is 5.70. The SMILES string of the molecule is C=C1C[C@@]2(C)[C@H](CC1=O)[C@H]1OC(C)(C)O[C@@H]1[C@@H]1[C@@H]2CC[C@]2(C)C(C(=C)C)CC[C@@H]12. The van der Waals surface area contributed by atoms with Crippen LogP contribution in [-0.2, 0) is 14.3 Å². The van der Waals surface area contributed by atoms with E-state index in [1.165, 1.54) is 31.3 Å². The number of ether oxygens (including phenoxy) is 2. The Morgan fingerprint density at radius 2 is 1.62 bits per heavy atom. The summed E-state index contributed by atoms with van der Waals surface area (Å²) in [5, 5.41) is 0. The molecule has 3 heteroatoms. The van der Waals surface area contributed by atoms with Gasteiger partial charge in [0.1, 0.15) is 0 Å². The molecule has 5 fully saturated rings. The Kier molecular flexibility index (Phi) is 4.18. The third-order valence-electron chi connectivity index (χ3n) is 9.96. The fraction of sp³-hybridized carbons (Fsp3) is 0.808. The summed E-state index contributed by atoms with van der Waals surface area (Å²) in [4.78, 5) is 12.6. The third kappa shape index (κ3) is 2.59. The summed E-state index contributed by atoms with van der Waals surface area (Å²) >= 11 is 0. The minimum absolute atomic E-state index is 0.0273. The zero-order chi connectivity index (χ0) is 20.9. The lowest BCUT2D eigenvalue weighted by atomic mass is 9.43. The summed E-state index contributed by atoms with van der Waals surface area (Å²) in [7, 11) is 0. The van der Waals surface area contributed by atoms with Crippen molar-refractivity contribution in [3.63, 3.8) is 0 Å². The van der Waals surface area contributed by atoms with E-state index in [-0.39, 0.29) is 29.3 Å². The molecule has 5 rings (SSSR count). The van der Waals surface area contributed by atoms with Crippen LogP contribution in [-0.4, -0.2) is 23.8 Å². The van der Waals surface area contributed by atoms with Gasteiger partial charge in [-0.05, 0) is 93.0 Å². The maximum absolute atomic E-state index is 12.6. The lowest BCUT2D eigenvalue weighted by molar-refractivity contribution is -0.175. The molecule has 1 saturated heterocycles. The minimum Gasteiger partial charge on any atom is -0.344 e. The van der Waals surface area contributed by atoms with E-state index >= 15 is 0 Å². The van der Waals surface area contributed by atoms with Crippen molar-refractivity contribution in [1.29, 1.82) is 0 Å². The van der Waals surface area contributed by atoms with Gasteiger partial charge in [0.25, 0.3) is 0 Å². The normalized spacial score (nSPS) is 53.1. The highest BCUT2D eigenvalue weighted by Gasteiger charge is 2.68. The molecule has 1 heterocycles. The van der Waals surface area contributed by atoms with Crippen LogP contribution in [0.25, 0.3) is 0 Å². The van der Waals surface area contributed by atoms with E-state index in [0.29, 0.717) is 35.5 Å². The molecule has 5 aliphatic rings. The molecule has 160 valence electrons. The first-order valence-corrected chi connectivity index (χ1v) is 11.7. The molecule has 4 saturated carbocycles. The Morgan fingerprint density at radius 3 is 2.31 bits per heavy atom. The molecule has 0 aromatic heterocycles. The van der Waals surface area contributed by atoms with E-state index in [0.717, 1.165) is 12.0 Å². The Morgan fingerprint density at radius 1 is 0.966 bits per heavy atom. The van der Waals surface area contributed by atoms with Gasteiger partial charge in [0, 0.05) is 12.3 Å². The highest BCUT2D eigenvalue weighted by Crippen LogP contribution is 2.70. The van der Waals surface area contributed by atoms with Gasteiger partial charge in [0.2, 0.25) is 0 Å². The van der Waals surface area contributed by atoms with Crippen LogP contribution in [0.3, 0.4) is 0 Å². The summed E-state index contributed by atoms with van der Waals surface area (Å²) in [5.74, 6) is 2.28. The van der Waals surface area contributed by atoms with E-state index in [4.69, 9.17) is 9.47 Å². The van der Waals surface area contributed by atoms with E-state index in [2.05, 4.69) is 47.8 Å². The first-order chi connectivity index (χ1) is 13.5. The first kappa shape index (κ1) is 20.0. The first-order valence-electron chi connectivity index (χ1n) is 11.7. The summed E-state index contributed by atoms with van der Waals surface area (Å²) < 4.78 is 13.2. The number of carbonyl (C=O) groups is 1. The highest BCUT2D eigenvalue weighted by atomic mass is 16.8. The van der Waals surface area contributed by atoms with Gasteiger partial charge in [-0.3, -0.25) is 4.79 Å². The second-order valence-electron chi connectivity index (χ2n) is 11.9. The number of fused-ring (bicyclic) bond motifs is 8. The number of allylic oxidation sites excluding steroid dienone is 2. The standard InChI is InChI=1S/C26H38O3/c1-14(2)16-8-9-17-21-18(10-11-25(16,17)6)26(7)13-15(3)20(27)12-19(26)22-23(21)29-24(4,5)28-22/h16-19,21-23H,1,3,8-13H2,2,4-7H3/t16?,17-,18-,19+,21-,22+,23+,25+,26+/m0/s1. The van der Waals surface area contributed by atoms with Crippen molar-refractivity contribution in [2.24, 2.45) is 40.4 Å². The van der Waals surface area contributed by atoms with Gasteiger partial charge in [-0.2, -0.15) is 0 Å². The largest absolute Gasteiger partial charge is 0.344 e. The van der Waals surface area contributed by atoms with Gasteiger partial charge >= 0.3 is 0 Å². The molecule has 9 atom stereocenters. The molecule has 29 heavy (non-hydrogen) atoms. The molecule has 3 nitrogen and oxygen atoms in total. The van der Waals surface area contributed by atoms with Crippen LogP contribution < -0.4 is 0 Å². The average molecular weight is 399 g/mol. The maximum Gasteiger partial charge on any atom is 0.163 e. The van der Waals surface area contributed by atoms with Gasteiger partial charge in [-0.15, -0.1) is 0 Å². The topological polar surface area (TPSA) is 35.5 Å². The van der Waals surface area contributed by atoms with Gasteiger partial charge in [0.05, 0.1) is 12.2 Å². The van der Waals surface area contributed by atoms with Gasteiger partial charge in [0.15, 0.2) is 11.6 Å². The van der Waals surface area contributed by atoms with Crippen LogP contribution in [0.1, 0.15) is 73.1 Å². The Bertz CT molecular complexity index is 781. The maximum atomic E-state index is 12.6. The summed E-state index contributed by atoms with van der Waals surface area (Å²) in [5.41, 5.74) is 2.59. The highest BCUT2D eigenvalue weighted by molar-refractivity contribution is 5.96.